The fourth-order valence-corrected chi connectivity index (χ4v) is 2.96. The molecule has 1 aliphatic rings. The van der Waals surface area contributed by atoms with Crippen molar-refractivity contribution < 1.29 is 4.74 Å². The van der Waals surface area contributed by atoms with Crippen LogP contribution in [0.25, 0.3) is 0 Å². The third kappa shape index (κ3) is 4.01. The Morgan fingerprint density at radius 1 is 1.65 bits per heavy atom. The van der Waals surface area contributed by atoms with E-state index < -0.39 is 0 Å². The van der Waals surface area contributed by atoms with E-state index in [-0.39, 0.29) is 0 Å². The molecule has 0 spiro atoms. The molecule has 2 heterocycles. The summed E-state index contributed by atoms with van der Waals surface area (Å²) in [5.41, 5.74) is 1.09. The number of hydrogen-bond donors (Lipinski definition) is 1. The Balaban J connectivity index is 1.58. The minimum absolute atomic E-state index is 0.443. The van der Waals surface area contributed by atoms with Crippen LogP contribution >= 0.6 is 11.8 Å². The molecule has 96 valence electrons. The molecule has 2 rings (SSSR count). The molecular formula is C12H21N3OS. The smallest absolute Gasteiger partial charge is 0.0939 e. The van der Waals surface area contributed by atoms with Crippen LogP contribution in [-0.4, -0.2) is 41.3 Å². The van der Waals surface area contributed by atoms with Crippen LogP contribution in [0.5, 0.6) is 0 Å². The van der Waals surface area contributed by atoms with Gasteiger partial charge in [0.25, 0.3) is 0 Å². The summed E-state index contributed by atoms with van der Waals surface area (Å²) >= 11 is 1.85. The van der Waals surface area contributed by atoms with E-state index in [1.165, 1.54) is 17.9 Å². The molecule has 0 aromatic carbocycles. The van der Waals surface area contributed by atoms with Crippen molar-refractivity contribution in [1.82, 2.24) is 15.1 Å². The summed E-state index contributed by atoms with van der Waals surface area (Å²) in [7, 11) is 2.00. The van der Waals surface area contributed by atoms with E-state index in [1.54, 1.807) is 0 Å². The molecule has 1 unspecified atom stereocenters. The highest BCUT2D eigenvalue weighted by Crippen LogP contribution is 2.17. The predicted octanol–water partition coefficient (Wildman–Crippen LogP) is 1.59. The molecule has 0 bridgehead atoms. The van der Waals surface area contributed by atoms with Crippen molar-refractivity contribution in [2.24, 2.45) is 7.05 Å². The monoisotopic (exact) mass is 255 g/mol. The lowest BCUT2D eigenvalue weighted by molar-refractivity contribution is 0.110. The Morgan fingerprint density at radius 2 is 2.53 bits per heavy atom. The third-order valence-electron chi connectivity index (χ3n) is 2.88. The van der Waals surface area contributed by atoms with Gasteiger partial charge in [0.2, 0.25) is 0 Å². The molecule has 0 aliphatic carbocycles. The summed E-state index contributed by atoms with van der Waals surface area (Å²) in [6.45, 7) is 4.98. The number of hydrogen-bond acceptors (Lipinski definition) is 4. The summed E-state index contributed by atoms with van der Waals surface area (Å²) in [4.78, 5) is 0. The minimum atomic E-state index is 0.443. The second-order valence-corrected chi connectivity index (χ2v) is 5.55. The molecule has 1 fully saturated rings. The maximum absolute atomic E-state index is 5.56. The zero-order valence-corrected chi connectivity index (χ0v) is 11.4. The van der Waals surface area contributed by atoms with Crippen LogP contribution in [0, 0.1) is 6.92 Å². The summed E-state index contributed by atoms with van der Waals surface area (Å²) in [6.07, 6.45) is 2.87. The first-order valence-corrected chi connectivity index (χ1v) is 7.20. The zero-order chi connectivity index (χ0) is 12.1. The third-order valence-corrected chi connectivity index (χ3v) is 3.97. The van der Waals surface area contributed by atoms with Crippen LogP contribution in [0.2, 0.25) is 0 Å². The molecule has 1 aliphatic heterocycles. The van der Waals surface area contributed by atoms with Gasteiger partial charge in [0.05, 0.1) is 16.8 Å². The molecule has 17 heavy (non-hydrogen) atoms. The van der Waals surface area contributed by atoms with E-state index in [2.05, 4.69) is 16.5 Å². The van der Waals surface area contributed by atoms with Gasteiger partial charge in [-0.1, -0.05) is 0 Å². The van der Waals surface area contributed by atoms with E-state index >= 15 is 0 Å². The number of aryl methyl sites for hydroxylation is 2. The molecule has 1 N–H and O–H groups in total. The Hall–Kier alpha value is -0.520. The van der Waals surface area contributed by atoms with Gasteiger partial charge in [-0.25, -0.2) is 0 Å². The van der Waals surface area contributed by atoms with E-state index in [4.69, 9.17) is 4.74 Å². The normalized spacial score (nSPS) is 20.0. The van der Waals surface area contributed by atoms with Crippen molar-refractivity contribution in [1.29, 1.82) is 0 Å². The highest BCUT2D eigenvalue weighted by molar-refractivity contribution is 7.99. The molecule has 1 saturated heterocycles. The van der Waals surface area contributed by atoms with Crippen molar-refractivity contribution in [3.8, 4) is 0 Å². The van der Waals surface area contributed by atoms with Crippen LogP contribution in [0.3, 0.4) is 0 Å². The van der Waals surface area contributed by atoms with Crippen LogP contribution in [0.15, 0.2) is 11.1 Å². The molecule has 1 aromatic heterocycles. The van der Waals surface area contributed by atoms with Gasteiger partial charge in [-0.05, 0) is 25.8 Å². The number of aromatic nitrogens is 2. The van der Waals surface area contributed by atoms with E-state index in [0.29, 0.717) is 6.10 Å². The summed E-state index contributed by atoms with van der Waals surface area (Å²) in [5.74, 6) is 1.08. The molecule has 0 amide bonds. The second kappa shape index (κ2) is 6.42. The topological polar surface area (TPSA) is 39.1 Å². The fourth-order valence-electron chi connectivity index (χ4n) is 2.02. The second-order valence-electron chi connectivity index (χ2n) is 4.44. The Labute approximate surface area is 107 Å². The highest BCUT2D eigenvalue weighted by atomic mass is 32.2. The maximum Gasteiger partial charge on any atom is 0.0939 e. The Kier molecular flexibility index (Phi) is 4.88. The molecule has 4 nitrogen and oxygen atoms in total. The van der Waals surface area contributed by atoms with E-state index in [1.807, 2.05) is 30.4 Å². The first-order chi connectivity index (χ1) is 8.25. The number of nitrogens with one attached hydrogen (secondary N) is 1. The standard InChI is InChI=1S/C12H21N3OS/c1-10-8-12(15(2)14-10)17-7-5-13-9-11-4-3-6-16-11/h8,11,13H,3-7,9H2,1-2H3. The predicted molar refractivity (Wildman–Crippen MR) is 70.5 cm³/mol. The molecule has 0 radical (unpaired) electrons. The van der Waals surface area contributed by atoms with Crippen LogP contribution in [-0.2, 0) is 11.8 Å². The first kappa shape index (κ1) is 12.9. The average Bonchev–Trinajstić information content (AvgIpc) is 2.89. The average molecular weight is 255 g/mol. The summed E-state index contributed by atoms with van der Waals surface area (Å²) in [5, 5.41) is 9.01. The summed E-state index contributed by atoms with van der Waals surface area (Å²) in [6, 6.07) is 2.13. The largest absolute Gasteiger partial charge is 0.377 e. The Bertz CT molecular complexity index is 348. The number of ether oxygens (including phenoxy) is 1. The van der Waals surface area contributed by atoms with Gasteiger partial charge in [-0.2, -0.15) is 5.10 Å². The number of rotatable bonds is 6. The molecule has 0 saturated carbocycles. The van der Waals surface area contributed by atoms with Gasteiger partial charge in [-0.3, -0.25) is 4.68 Å². The van der Waals surface area contributed by atoms with Crippen molar-refractivity contribution in [3.63, 3.8) is 0 Å². The maximum atomic E-state index is 5.56. The molecule has 1 atom stereocenters. The van der Waals surface area contributed by atoms with Crippen molar-refractivity contribution >= 4 is 11.8 Å². The summed E-state index contributed by atoms with van der Waals surface area (Å²) < 4.78 is 7.50. The number of thioether (sulfide) groups is 1. The van der Waals surface area contributed by atoms with Gasteiger partial charge in [0.15, 0.2) is 0 Å². The quantitative estimate of drug-likeness (QED) is 0.619. The lowest BCUT2D eigenvalue weighted by Crippen LogP contribution is -2.27. The number of nitrogens with zero attached hydrogens (tertiary/aromatic N) is 2. The molecule has 1 aromatic rings. The van der Waals surface area contributed by atoms with E-state index in [0.717, 1.165) is 31.1 Å². The van der Waals surface area contributed by atoms with Gasteiger partial charge < -0.3 is 10.1 Å². The van der Waals surface area contributed by atoms with Gasteiger partial charge in [-0.15, -0.1) is 11.8 Å². The fraction of sp³-hybridized carbons (Fsp3) is 0.750. The molecular weight excluding hydrogens is 234 g/mol. The van der Waals surface area contributed by atoms with Crippen LogP contribution in [0.4, 0.5) is 0 Å². The first-order valence-electron chi connectivity index (χ1n) is 6.21. The van der Waals surface area contributed by atoms with Crippen LogP contribution < -0.4 is 5.32 Å². The highest BCUT2D eigenvalue weighted by Gasteiger charge is 2.14. The van der Waals surface area contributed by atoms with Gasteiger partial charge >= 0.3 is 0 Å². The minimum Gasteiger partial charge on any atom is -0.377 e. The lowest BCUT2D eigenvalue weighted by atomic mass is 10.2. The van der Waals surface area contributed by atoms with E-state index in [9.17, 15) is 0 Å². The van der Waals surface area contributed by atoms with Crippen molar-refractivity contribution in [2.75, 3.05) is 25.4 Å². The lowest BCUT2D eigenvalue weighted by Gasteiger charge is -2.10. The Morgan fingerprint density at radius 3 is 3.18 bits per heavy atom. The van der Waals surface area contributed by atoms with Gasteiger partial charge in [0.1, 0.15) is 0 Å². The van der Waals surface area contributed by atoms with Crippen molar-refractivity contribution in [2.45, 2.75) is 30.9 Å². The zero-order valence-electron chi connectivity index (χ0n) is 10.6. The van der Waals surface area contributed by atoms with Crippen molar-refractivity contribution in [3.05, 3.63) is 11.8 Å². The SMILES string of the molecule is Cc1cc(SCCNCC2CCCO2)n(C)n1. The molecule has 5 heteroatoms. The van der Waals surface area contributed by atoms with Gasteiger partial charge in [0, 0.05) is 32.5 Å². The van der Waals surface area contributed by atoms with Crippen LogP contribution in [0.1, 0.15) is 18.5 Å².